The molecule has 3 heteroatoms. The first-order valence-corrected chi connectivity index (χ1v) is 6.32. The van der Waals surface area contributed by atoms with E-state index in [1.165, 1.54) is 16.7 Å². The summed E-state index contributed by atoms with van der Waals surface area (Å²) in [4.78, 5) is 0. The van der Waals surface area contributed by atoms with Crippen molar-refractivity contribution in [3.63, 3.8) is 0 Å². The summed E-state index contributed by atoms with van der Waals surface area (Å²) < 4.78 is 1.10. The van der Waals surface area contributed by atoms with Gasteiger partial charge in [-0.2, -0.15) is 0 Å². The molecule has 0 amide bonds. The summed E-state index contributed by atoms with van der Waals surface area (Å²) in [7, 11) is 0. The molecule has 0 saturated carbocycles. The second-order valence-corrected chi connectivity index (χ2v) is 4.93. The van der Waals surface area contributed by atoms with E-state index in [0.29, 0.717) is 0 Å². The molecule has 0 saturated heterocycles. The van der Waals surface area contributed by atoms with Crippen molar-refractivity contribution in [2.75, 3.05) is 0 Å². The molecule has 0 fully saturated rings. The van der Waals surface area contributed by atoms with Gasteiger partial charge in [-0.25, -0.2) is 0 Å². The second kappa shape index (κ2) is 5.45. The Morgan fingerprint density at radius 1 is 0.941 bits per heavy atom. The number of benzene rings is 2. The third-order valence-electron chi connectivity index (χ3n) is 2.84. The second-order valence-electron chi connectivity index (χ2n) is 4.02. The fourth-order valence-corrected chi connectivity index (χ4v) is 1.97. The summed E-state index contributed by atoms with van der Waals surface area (Å²) in [5.41, 5.74) is 6.36. The molecule has 0 bridgehead atoms. The molecule has 1 unspecified atom stereocenters. The van der Waals surface area contributed by atoms with Gasteiger partial charge in [0.2, 0.25) is 0 Å². The Balaban J connectivity index is 2.26. The normalized spacial score (nSPS) is 12.4. The van der Waals surface area contributed by atoms with Crippen molar-refractivity contribution in [2.24, 2.45) is 5.84 Å². The van der Waals surface area contributed by atoms with Crippen molar-refractivity contribution in [3.05, 3.63) is 58.6 Å². The highest BCUT2D eigenvalue weighted by molar-refractivity contribution is 9.10. The average Bonchev–Trinajstić information content (AvgIpc) is 2.39. The van der Waals surface area contributed by atoms with Gasteiger partial charge in [-0.3, -0.25) is 11.3 Å². The van der Waals surface area contributed by atoms with Crippen molar-refractivity contribution in [1.82, 2.24) is 5.43 Å². The Morgan fingerprint density at radius 2 is 1.41 bits per heavy atom. The van der Waals surface area contributed by atoms with Crippen LogP contribution in [0.5, 0.6) is 0 Å². The molecule has 2 nitrogen and oxygen atoms in total. The van der Waals surface area contributed by atoms with Crippen LogP contribution < -0.4 is 11.3 Å². The zero-order valence-corrected chi connectivity index (χ0v) is 11.2. The van der Waals surface area contributed by atoms with Crippen LogP contribution in [0.25, 0.3) is 11.1 Å². The van der Waals surface area contributed by atoms with Crippen LogP contribution >= 0.6 is 15.9 Å². The number of nitrogens with one attached hydrogen (secondary N) is 1. The van der Waals surface area contributed by atoms with E-state index in [2.05, 4.69) is 57.8 Å². The fraction of sp³-hybridized carbons (Fsp3) is 0.143. The molecule has 88 valence electrons. The third kappa shape index (κ3) is 2.94. The lowest BCUT2D eigenvalue weighted by atomic mass is 10.0. The molecule has 2 aromatic carbocycles. The van der Waals surface area contributed by atoms with Gasteiger partial charge in [-0.1, -0.05) is 52.3 Å². The maximum atomic E-state index is 5.41. The number of hydrogen-bond donors (Lipinski definition) is 2. The SMILES string of the molecule is CC(NN)c1ccc(-c2ccc(Br)cc2)cc1. The quantitative estimate of drug-likeness (QED) is 0.669. The summed E-state index contributed by atoms with van der Waals surface area (Å²) in [6.45, 7) is 2.04. The van der Waals surface area contributed by atoms with Gasteiger partial charge in [0.05, 0.1) is 0 Å². The fourth-order valence-electron chi connectivity index (χ4n) is 1.70. The lowest BCUT2D eigenvalue weighted by molar-refractivity contribution is 0.602. The summed E-state index contributed by atoms with van der Waals surface area (Å²) in [5.74, 6) is 5.41. The molecule has 0 aromatic heterocycles. The molecule has 1 atom stereocenters. The topological polar surface area (TPSA) is 38.0 Å². The zero-order chi connectivity index (χ0) is 12.3. The number of hydrazine groups is 1. The maximum absolute atomic E-state index is 5.41. The number of halogens is 1. The highest BCUT2D eigenvalue weighted by Gasteiger charge is 2.03. The Kier molecular flexibility index (Phi) is 3.94. The van der Waals surface area contributed by atoms with Crippen LogP contribution in [0.1, 0.15) is 18.5 Å². The van der Waals surface area contributed by atoms with E-state index < -0.39 is 0 Å². The standard InChI is InChI=1S/C14H15BrN2/c1-10(17-16)11-2-4-12(5-3-11)13-6-8-14(15)9-7-13/h2-10,17H,16H2,1H3. The third-order valence-corrected chi connectivity index (χ3v) is 3.37. The molecule has 0 spiro atoms. The summed E-state index contributed by atoms with van der Waals surface area (Å²) >= 11 is 3.44. The predicted octanol–water partition coefficient (Wildman–Crippen LogP) is 3.64. The van der Waals surface area contributed by atoms with Gasteiger partial charge in [0.25, 0.3) is 0 Å². The lowest BCUT2D eigenvalue weighted by Crippen LogP contribution is -2.25. The highest BCUT2D eigenvalue weighted by atomic mass is 79.9. The number of nitrogens with two attached hydrogens (primary N) is 1. The van der Waals surface area contributed by atoms with Crippen LogP contribution in [0.2, 0.25) is 0 Å². The van der Waals surface area contributed by atoms with Crippen molar-refractivity contribution in [2.45, 2.75) is 13.0 Å². The van der Waals surface area contributed by atoms with Crippen LogP contribution in [-0.2, 0) is 0 Å². The molecule has 2 rings (SSSR count). The van der Waals surface area contributed by atoms with Crippen molar-refractivity contribution in [3.8, 4) is 11.1 Å². The minimum Gasteiger partial charge on any atom is -0.271 e. The van der Waals surface area contributed by atoms with Gasteiger partial charge in [0, 0.05) is 10.5 Å². The van der Waals surface area contributed by atoms with E-state index in [-0.39, 0.29) is 6.04 Å². The van der Waals surface area contributed by atoms with E-state index in [1.54, 1.807) is 0 Å². The first kappa shape index (κ1) is 12.3. The number of rotatable bonds is 3. The maximum Gasteiger partial charge on any atom is 0.0431 e. The molecule has 17 heavy (non-hydrogen) atoms. The van der Waals surface area contributed by atoms with Crippen LogP contribution in [-0.4, -0.2) is 0 Å². The van der Waals surface area contributed by atoms with Gasteiger partial charge in [-0.15, -0.1) is 0 Å². The first-order valence-electron chi connectivity index (χ1n) is 5.53. The van der Waals surface area contributed by atoms with Crippen molar-refractivity contribution < 1.29 is 0 Å². The van der Waals surface area contributed by atoms with E-state index >= 15 is 0 Å². The molecule has 2 aromatic rings. The molecular weight excluding hydrogens is 276 g/mol. The zero-order valence-electron chi connectivity index (χ0n) is 9.65. The molecule has 3 N–H and O–H groups in total. The number of hydrogen-bond acceptors (Lipinski definition) is 2. The summed E-state index contributed by atoms with van der Waals surface area (Å²) in [5, 5.41) is 0. The molecule has 0 aliphatic rings. The Labute approximate surface area is 110 Å². The van der Waals surface area contributed by atoms with Gasteiger partial charge in [0.15, 0.2) is 0 Å². The van der Waals surface area contributed by atoms with E-state index in [9.17, 15) is 0 Å². The largest absolute Gasteiger partial charge is 0.271 e. The van der Waals surface area contributed by atoms with Gasteiger partial charge < -0.3 is 0 Å². The minimum absolute atomic E-state index is 0.175. The Bertz CT molecular complexity index is 477. The van der Waals surface area contributed by atoms with Crippen LogP contribution in [0.3, 0.4) is 0 Å². The molecule has 0 aliphatic carbocycles. The molecule has 0 heterocycles. The van der Waals surface area contributed by atoms with Crippen LogP contribution in [0.4, 0.5) is 0 Å². The van der Waals surface area contributed by atoms with Crippen molar-refractivity contribution >= 4 is 15.9 Å². The van der Waals surface area contributed by atoms with Gasteiger partial charge in [0.1, 0.15) is 0 Å². The highest BCUT2D eigenvalue weighted by Crippen LogP contribution is 2.23. The summed E-state index contributed by atoms with van der Waals surface area (Å²) in [6.07, 6.45) is 0. The van der Waals surface area contributed by atoms with E-state index in [1.807, 2.05) is 19.1 Å². The monoisotopic (exact) mass is 290 g/mol. The summed E-state index contributed by atoms with van der Waals surface area (Å²) in [6, 6.07) is 16.9. The Morgan fingerprint density at radius 3 is 1.88 bits per heavy atom. The smallest absolute Gasteiger partial charge is 0.0431 e. The predicted molar refractivity (Wildman–Crippen MR) is 75.3 cm³/mol. The van der Waals surface area contributed by atoms with Gasteiger partial charge in [-0.05, 0) is 35.7 Å². The first-order chi connectivity index (χ1) is 8.20. The van der Waals surface area contributed by atoms with Gasteiger partial charge >= 0.3 is 0 Å². The van der Waals surface area contributed by atoms with Crippen LogP contribution in [0.15, 0.2) is 53.0 Å². The Hall–Kier alpha value is -1.16. The molecule has 0 radical (unpaired) electrons. The van der Waals surface area contributed by atoms with E-state index in [4.69, 9.17) is 5.84 Å². The average molecular weight is 291 g/mol. The molecular formula is C14H15BrN2. The lowest BCUT2D eigenvalue weighted by Gasteiger charge is -2.11. The van der Waals surface area contributed by atoms with E-state index in [0.717, 1.165) is 4.47 Å². The minimum atomic E-state index is 0.175. The van der Waals surface area contributed by atoms with Crippen LogP contribution in [0, 0.1) is 0 Å². The molecule has 0 aliphatic heterocycles. The van der Waals surface area contributed by atoms with Crippen molar-refractivity contribution in [1.29, 1.82) is 0 Å².